The molecule has 30 heavy (non-hydrogen) atoms. The molecule has 0 radical (unpaired) electrons. The van der Waals surface area contributed by atoms with Gasteiger partial charge in [0.15, 0.2) is 0 Å². The Balaban J connectivity index is 2.06. The van der Waals surface area contributed by atoms with E-state index in [2.05, 4.69) is 0 Å². The summed E-state index contributed by atoms with van der Waals surface area (Å²) < 4.78 is 11.7. The lowest BCUT2D eigenvalue weighted by Gasteiger charge is -2.23. The van der Waals surface area contributed by atoms with E-state index in [-0.39, 0.29) is 17.0 Å². The number of carbonyl (C=O) groups excluding carboxylic acids is 1. The molecule has 3 aromatic carbocycles. The highest BCUT2D eigenvalue weighted by atomic mass is 16.6. The molecule has 0 saturated heterocycles. The Hall–Kier alpha value is -3.67. The van der Waals surface area contributed by atoms with Gasteiger partial charge < -0.3 is 9.47 Å². The van der Waals surface area contributed by atoms with Crippen molar-refractivity contribution in [2.75, 3.05) is 0 Å². The lowest BCUT2D eigenvalue weighted by molar-refractivity contribution is -0.384. The lowest BCUT2D eigenvalue weighted by atomic mass is 10.0. The molecular formula is C24H23NO5. The van der Waals surface area contributed by atoms with Crippen LogP contribution in [0.1, 0.15) is 48.4 Å². The minimum Gasteiger partial charge on any atom is -0.480 e. The van der Waals surface area contributed by atoms with Gasteiger partial charge in [0.2, 0.25) is 0 Å². The molecule has 0 amide bonds. The van der Waals surface area contributed by atoms with E-state index in [4.69, 9.17) is 9.47 Å². The van der Waals surface area contributed by atoms with Gasteiger partial charge in [-0.3, -0.25) is 10.1 Å². The topological polar surface area (TPSA) is 78.7 Å². The molecule has 3 rings (SSSR count). The zero-order valence-corrected chi connectivity index (χ0v) is 17.1. The third-order valence-electron chi connectivity index (χ3n) is 4.24. The van der Waals surface area contributed by atoms with E-state index < -0.39 is 22.6 Å². The van der Waals surface area contributed by atoms with Gasteiger partial charge in [-0.15, -0.1) is 0 Å². The molecule has 0 aromatic heterocycles. The largest absolute Gasteiger partial charge is 0.480 e. The molecular weight excluding hydrogens is 382 g/mol. The predicted octanol–water partition coefficient (Wildman–Crippen LogP) is 5.72. The van der Waals surface area contributed by atoms with E-state index in [1.165, 1.54) is 18.2 Å². The number of rotatable bonds is 6. The first-order chi connectivity index (χ1) is 14.2. The molecule has 0 fully saturated rings. The summed E-state index contributed by atoms with van der Waals surface area (Å²) in [5.74, 6) is -0.464. The summed E-state index contributed by atoms with van der Waals surface area (Å²) >= 11 is 0. The summed E-state index contributed by atoms with van der Waals surface area (Å²) in [6.07, 6.45) is -0.505. The SMILES string of the molecule is CC(C)(C)OC(=O)c1cc([N+](=O)[O-])ccc1OC(c1ccccc1)c1ccccc1. The fourth-order valence-corrected chi connectivity index (χ4v) is 2.94. The smallest absolute Gasteiger partial charge is 0.342 e. The van der Waals surface area contributed by atoms with Crippen molar-refractivity contribution in [3.63, 3.8) is 0 Å². The minimum atomic E-state index is -0.753. The maximum atomic E-state index is 12.8. The van der Waals surface area contributed by atoms with Gasteiger partial charge in [-0.05, 0) is 38.0 Å². The second-order valence-corrected chi connectivity index (χ2v) is 7.76. The molecule has 0 heterocycles. The monoisotopic (exact) mass is 405 g/mol. The molecule has 0 unspecified atom stereocenters. The summed E-state index contributed by atoms with van der Waals surface area (Å²) in [6.45, 7) is 5.21. The van der Waals surface area contributed by atoms with Gasteiger partial charge in [-0.2, -0.15) is 0 Å². The van der Waals surface area contributed by atoms with Gasteiger partial charge in [0, 0.05) is 12.1 Å². The Morgan fingerprint density at radius 3 is 1.90 bits per heavy atom. The van der Waals surface area contributed by atoms with Crippen molar-refractivity contribution in [3.05, 3.63) is 106 Å². The molecule has 0 atom stereocenters. The maximum Gasteiger partial charge on any atom is 0.342 e. The first-order valence-corrected chi connectivity index (χ1v) is 9.53. The van der Waals surface area contributed by atoms with Crippen LogP contribution in [-0.4, -0.2) is 16.5 Å². The standard InChI is InChI=1S/C24H23NO5/c1-24(2,3)30-23(26)20-16-19(25(27)28)14-15-21(20)29-22(17-10-6-4-7-11-17)18-12-8-5-9-13-18/h4-16,22H,1-3H3. The van der Waals surface area contributed by atoms with Gasteiger partial charge in [0.25, 0.3) is 5.69 Å². The van der Waals surface area contributed by atoms with Crippen LogP contribution in [0, 0.1) is 10.1 Å². The van der Waals surface area contributed by atoms with Crippen LogP contribution in [0.2, 0.25) is 0 Å². The number of carbonyl (C=O) groups is 1. The molecule has 0 aliphatic heterocycles. The number of benzene rings is 3. The minimum absolute atomic E-state index is 0.0102. The van der Waals surface area contributed by atoms with Crippen LogP contribution in [0.4, 0.5) is 5.69 Å². The van der Waals surface area contributed by atoms with Crippen molar-refractivity contribution in [1.29, 1.82) is 0 Å². The third-order valence-corrected chi connectivity index (χ3v) is 4.24. The molecule has 6 nitrogen and oxygen atoms in total. The fraction of sp³-hybridized carbons (Fsp3) is 0.208. The molecule has 0 bridgehead atoms. The van der Waals surface area contributed by atoms with Crippen molar-refractivity contribution < 1.29 is 19.2 Å². The number of esters is 1. The zero-order valence-electron chi connectivity index (χ0n) is 17.1. The number of ether oxygens (including phenoxy) is 2. The molecule has 6 heteroatoms. The summed E-state index contributed by atoms with van der Waals surface area (Å²) in [6, 6.07) is 23.1. The van der Waals surface area contributed by atoms with Crippen LogP contribution < -0.4 is 4.74 Å². The number of nitrogens with zero attached hydrogens (tertiary/aromatic N) is 1. The number of non-ortho nitro benzene ring substituents is 1. The number of hydrogen-bond donors (Lipinski definition) is 0. The average molecular weight is 405 g/mol. The Morgan fingerprint density at radius 2 is 1.43 bits per heavy atom. The van der Waals surface area contributed by atoms with E-state index in [0.717, 1.165) is 11.1 Å². The molecule has 0 N–H and O–H groups in total. The van der Waals surface area contributed by atoms with E-state index in [1.807, 2.05) is 60.7 Å². The summed E-state index contributed by atoms with van der Waals surface area (Å²) in [5, 5.41) is 11.3. The van der Waals surface area contributed by atoms with Crippen molar-refractivity contribution in [2.45, 2.75) is 32.5 Å². The Kier molecular flexibility index (Phi) is 6.16. The van der Waals surface area contributed by atoms with Gasteiger partial charge in [-0.1, -0.05) is 60.7 Å². The molecule has 0 saturated carbocycles. The van der Waals surface area contributed by atoms with E-state index in [0.29, 0.717) is 0 Å². The second kappa shape index (κ2) is 8.78. The highest BCUT2D eigenvalue weighted by Gasteiger charge is 2.26. The molecule has 154 valence electrons. The second-order valence-electron chi connectivity index (χ2n) is 7.76. The summed E-state index contributed by atoms with van der Waals surface area (Å²) in [5.41, 5.74) is 0.821. The molecule has 0 aliphatic carbocycles. The van der Waals surface area contributed by atoms with Crippen LogP contribution in [0.3, 0.4) is 0 Å². The van der Waals surface area contributed by atoms with Crippen LogP contribution in [0.15, 0.2) is 78.9 Å². The normalized spacial score (nSPS) is 11.2. The summed E-state index contributed by atoms with van der Waals surface area (Å²) in [7, 11) is 0. The highest BCUT2D eigenvalue weighted by Crippen LogP contribution is 2.33. The fourth-order valence-electron chi connectivity index (χ4n) is 2.94. The molecule has 3 aromatic rings. The van der Waals surface area contributed by atoms with Crippen LogP contribution in [0.5, 0.6) is 5.75 Å². The molecule has 0 aliphatic rings. The third kappa shape index (κ3) is 5.23. The van der Waals surface area contributed by atoms with Crippen molar-refractivity contribution in [2.24, 2.45) is 0 Å². The zero-order chi connectivity index (χ0) is 21.7. The lowest BCUT2D eigenvalue weighted by Crippen LogP contribution is -2.24. The number of hydrogen-bond acceptors (Lipinski definition) is 5. The van der Waals surface area contributed by atoms with E-state index in [9.17, 15) is 14.9 Å². The van der Waals surface area contributed by atoms with Crippen molar-refractivity contribution in [3.8, 4) is 5.75 Å². The van der Waals surface area contributed by atoms with Gasteiger partial charge >= 0.3 is 5.97 Å². The van der Waals surface area contributed by atoms with Gasteiger partial charge in [0.05, 0.1) is 4.92 Å². The number of nitro benzene ring substituents is 1. The van der Waals surface area contributed by atoms with Crippen molar-refractivity contribution >= 4 is 11.7 Å². The highest BCUT2D eigenvalue weighted by molar-refractivity contribution is 5.93. The quantitative estimate of drug-likeness (QED) is 0.298. The average Bonchev–Trinajstić information content (AvgIpc) is 2.72. The predicted molar refractivity (Wildman–Crippen MR) is 114 cm³/mol. The van der Waals surface area contributed by atoms with Crippen LogP contribution >= 0.6 is 0 Å². The Bertz CT molecular complexity index is 987. The van der Waals surface area contributed by atoms with Gasteiger partial charge in [0.1, 0.15) is 23.0 Å². The number of nitro groups is 1. The Labute approximate surface area is 175 Å². The van der Waals surface area contributed by atoms with Crippen LogP contribution in [0.25, 0.3) is 0 Å². The Morgan fingerprint density at radius 1 is 0.900 bits per heavy atom. The van der Waals surface area contributed by atoms with Crippen molar-refractivity contribution in [1.82, 2.24) is 0 Å². The van der Waals surface area contributed by atoms with Crippen LogP contribution in [-0.2, 0) is 4.74 Å². The summed E-state index contributed by atoms with van der Waals surface area (Å²) in [4.78, 5) is 23.5. The van der Waals surface area contributed by atoms with E-state index >= 15 is 0 Å². The van der Waals surface area contributed by atoms with E-state index in [1.54, 1.807) is 20.8 Å². The molecule has 0 spiro atoms. The maximum absolute atomic E-state index is 12.8. The first-order valence-electron chi connectivity index (χ1n) is 9.53. The first kappa shape index (κ1) is 21.0. The van der Waals surface area contributed by atoms with Gasteiger partial charge in [-0.25, -0.2) is 4.79 Å².